The van der Waals surface area contributed by atoms with Crippen molar-refractivity contribution in [3.63, 3.8) is 0 Å². The average Bonchev–Trinajstić information content (AvgIpc) is 3.06. The molecular formula is C36H46O8. The van der Waals surface area contributed by atoms with Crippen molar-refractivity contribution in [1.29, 1.82) is 0 Å². The summed E-state index contributed by atoms with van der Waals surface area (Å²) in [6.07, 6.45) is -4.60. The van der Waals surface area contributed by atoms with Crippen LogP contribution in [0.15, 0.2) is 91.0 Å². The molecule has 0 spiro atoms. The summed E-state index contributed by atoms with van der Waals surface area (Å²) in [4.78, 5) is 0. The van der Waals surface area contributed by atoms with Gasteiger partial charge in [0.2, 0.25) is 0 Å². The van der Waals surface area contributed by atoms with Gasteiger partial charge in [0.05, 0.1) is 51.3 Å². The van der Waals surface area contributed by atoms with Crippen LogP contribution in [0.5, 0.6) is 0 Å². The molecule has 2 fully saturated rings. The van der Waals surface area contributed by atoms with Gasteiger partial charge < -0.3 is 38.6 Å². The van der Waals surface area contributed by atoms with Crippen LogP contribution in [0.25, 0.3) is 0 Å². The third-order valence-electron chi connectivity index (χ3n) is 8.90. The molecule has 238 valence electrons. The van der Waals surface area contributed by atoms with Crippen LogP contribution in [0.1, 0.15) is 37.5 Å². The van der Waals surface area contributed by atoms with Crippen molar-refractivity contribution in [2.75, 3.05) is 13.2 Å². The molecular weight excluding hydrogens is 560 g/mol. The number of hydrogen-bond donors (Lipinski definition) is 2. The summed E-state index contributed by atoms with van der Waals surface area (Å²) in [5.41, 5.74) is 3.11. The first-order valence-electron chi connectivity index (χ1n) is 15.6. The Morgan fingerprint density at radius 3 is 1.68 bits per heavy atom. The zero-order valence-corrected chi connectivity index (χ0v) is 25.8. The number of benzene rings is 3. The van der Waals surface area contributed by atoms with Crippen LogP contribution in [0, 0.1) is 17.8 Å². The van der Waals surface area contributed by atoms with E-state index in [0.29, 0.717) is 13.2 Å². The fraction of sp³-hybridized carbons (Fsp3) is 0.500. The summed E-state index contributed by atoms with van der Waals surface area (Å²) in [7, 11) is 0. The summed E-state index contributed by atoms with van der Waals surface area (Å²) >= 11 is 0. The van der Waals surface area contributed by atoms with E-state index >= 15 is 0 Å². The van der Waals surface area contributed by atoms with E-state index < -0.39 is 43.1 Å². The van der Waals surface area contributed by atoms with Gasteiger partial charge >= 0.3 is 0 Å². The van der Waals surface area contributed by atoms with E-state index in [2.05, 4.69) is 13.8 Å². The molecule has 0 radical (unpaired) electrons. The molecule has 8 nitrogen and oxygen atoms in total. The standard InChI is InChI=1S/C36H46O8/c1-24-25(2)35(41-22-29-17-11-6-12-18-29)43-31(23-39-20-27-13-7-4-8-14-27)33(24)44-36-34(32(38)26(3)30(19-37)42-36)40-21-28-15-9-5-10-16-28/h4-18,24-26,30-38H,19-23H2,1-3H3/t24-,25?,26-,30?,31?,32+,33+,34?,35-,36+/m1/s1. The summed E-state index contributed by atoms with van der Waals surface area (Å²) in [6.45, 7) is 7.23. The Morgan fingerprint density at radius 1 is 0.591 bits per heavy atom. The van der Waals surface area contributed by atoms with Gasteiger partial charge in [0.15, 0.2) is 12.6 Å². The largest absolute Gasteiger partial charge is 0.394 e. The van der Waals surface area contributed by atoms with Gasteiger partial charge in [0.1, 0.15) is 12.2 Å². The minimum absolute atomic E-state index is 0.0150. The second-order valence-electron chi connectivity index (χ2n) is 12.0. The Bertz CT molecular complexity index is 1230. The first-order chi connectivity index (χ1) is 21.4. The lowest BCUT2D eigenvalue weighted by atomic mass is 9.84. The monoisotopic (exact) mass is 606 g/mol. The summed E-state index contributed by atoms with van der Waals surface area (Å²) in [5.74, 6) is -0.378. The van der Waals surface area contributed by atoms with Crippen molar-refractivity contribution in [2.45, 2.75) is 83.7 Å². The number of rotatable bonds is 13. The molecule has 44 heavy (non-hydrogen) atoms. The van der Waals surface area contributed by atoms with Crippen molar-refractivity contribution >= 4 is 0 Å². The average molecular weight is 607 g/mol. The van der Waals surface area contributed by atoms with E-state index in [1.54, 1.807) is 0 Å². The molecule has 2 heterocycles. The van der Waals surface area contributed by atoms with Crippen LogP contribution in [-0.2, 0) is 48.2 Å². The SMILES string of the molecule is CC1[C@H](OCc2ccccc2)OC(COCc2ccccc2)[C@@H](O[C@@H]2OC(CO)[C@@H](C)[C@H](O)C2OCc2ccccc2)[C@@H]1C. The molecule has 2 aliphatic rings. The Labute approximate surface area is 260 Å². The molecule has 2 saturated heterocycles. The third kappa shape index (κ3) is 8.33. The molecule has 0 aliphatic carbocycles. The zero-order valence-electron chi connectivity index (χ0n) is 25.8. The van der Waals surface area contributed by atoms with E-state index in [1.807, 2.05) is 97.9 Å². The van der Waals surface area contributed by atoms with Crippen LogP contribution >= 0.6 is 0 Å². The molecule has 3 aromatic rings. The molecule has 0 amide bonds. The van der Waals surface area contributed by atoms with Crippen LogP contribution in [0.3, 0.4) is 0 Å². The molecule has 4 unspecified atom stereocenters. The maximum absolute atomic E-state index is 11.3. The fourth-order valence-electron chi connectivity index (χ4n) is 5.89. The van der Waals surface area contributed by atoms with Crippen molar-refractivity contribution in [1.82, 2.24) is 0 Å². The Kier molecular flexibility index (Phi) is 11.9. The molecule has 0 saturated carbocycles. The highest BCUT2D eigenvalue weighted by Gasteiger charge is 2.49. The Morgan fingerprint density at radius 2 is 1.11 bits per heavy atom. The second kappa shape index (κ2) is 16.1. The van der Waals surface area contributed by atoms with Gasteiger partial charge in [-0.05, 0) is 22.6 Å². The van der Waals surface area contributed by atoms with Crippen LogP contribution in [-0.4, -0.2) is 66.5 Å². The number of aliphatic hydroxyl groups excluding tert-OH is 2. The van der Waals surface area contributed by atoms with Crippen LogP contribution in [0.4, 0.5) is 0 Å². The molecule has 8 heteroatoms. The second-order valence-corrected chi connectivity index (χ2v) is 12.0. The molecule has 5 rings (SSSR count). The molecule has 10 atom stereocenters. The van der Waals surface area contributed by atoms with Gasteiger partial charge in [-0.2, -0.15) is 0 Å². The maximum Gasteiger partial charge on any atom is 0.187 e. The number of aliphatic hydroxyl groups is 2. The van der Waals surface area contributed by atoms with Crippen LogP contribution < -0.4 is 0 Å². The molecule has 0 aromatic heterocycles. The van der Waals surface area contributed by atoms with Gasteiger partial charge in [-0.25, -0.2) is 0 Å². The van der Waals surface area contributed by atoms with Gasteiger partial charge in [0, 0.05) is 11.8 Å². The van der Waals surface area contributed by atoms with E-state index in [-0.39, 0.29) is 37.6 Å². The minimum atomic E-state index is -0.927. The molecule has 0 bridgehead atoms. The van der Waals surface area contributed by atoms with Gasteiger partial charge in [-0.3, -0.25) is 0 Å². The molecule has 2 N–H and O–H groups in total. The summed E-state index contributed by atoms with van der Waals surface area (Å²) < 4.78 is 38.3. The topological polar surface area (TPSA) is 95.8 Å². The predicted molar refractivity (Wildman–Crippen MR) is 165 cm³/mol. The maximum atomic E-state index is 11.3. The third-order valence-corrected chi connectivity index (χ3v) is 8.90. The minimum Gasteiger partial charge on any atom is -0.394 e. The van der Waals surface area contributed by atoms with Gasteiger partial charge in [-0.15, -0.1) is 0 Å². The number of ether oxygens (including phenoxy) is 6. The zero-order chi connectivity index (χ0) is 30.9. The summed E-state index contributed by atoms with van der Waals surface area (Å²) in [6, 6.07) is 29.8. The lowest BCUT2D eigenvalue weighted by Gasteiger charge is -2.48. The lowest BCUT2D eigenvalue weighted by Crippen LogP contribution is -2.60. The fourth-order valence-corrected chi connectivity index (χ4v) is 5.89. The van der Waals surface area contributed by atoms with Gasteiger partial charge in [0.25, 0.3) is 0 Å². The predicted octanol–water partition coefficient (Wildman–Crippen LogP) is 5.10. The number of hydrogen-bond acceptors (Lipinski definition) is 8. The van der Waals surface area contributed by atoms with Crippen molar-refractivity contribution < 1.29 is 38.6 Å². The van der Waals surface area contributed by atoms with Crippen molar-refractivity contribution in [3.8, 4) is 0 Å². The summed E-state index contributed by atoms with van der Waals surface area (Å²) in [5, 5.41) is 21.4. The first-order valence-corrected chi connectivity index (χ1v) is 15.6. The van der Waals surface area contributed by atoms with E-state index in [1.165, 1.54) is 0 Å². The van der Waals surface area contributed by atoms with E-state index in [4.69, 9.17) is 28.4 Å². The normalized spacial score (nSPS) is 32.4. The van der Waals surface area contributed by atoms with Crippen molar-refractivity contribution in [2.24, 2.45) is 17.8 Å². The van der Waals surface area contributed by atoms with Crippen molar-refractivity contribution in [3.05, 3.63) is 108 Å². The quantitative estimate of drug-likeness (QED) is 0.278. The van der Waals surface area contributed by atoms with Gasteiger partial charge in [-0.1, -0.05) is 112 Å². The molecule has 2 aliphatic heterocycles. The van der Waals surface area contributed by atoms with E-state index in [0.717, 1.165) is 16.7 Å². The smallest absolute Gasteiger partial charge is 0.187 e. The highest BCUT2D eigenvalue weighted by molar-refractivity contribution is 5.15. The first kappa shape index (κ1) is 32.7. The lowest BCUT2D eigenvalue weighted by molar-refractivity contribution is -0.348. The molecule has 3 aromatic carbocycles. The Balaban J connectivity index is 1.33. The Hall–Kier alpha value is -2.66. The highest BCUT2D eigenvalue weighted by Crippen LogP contribution is 2.37. The van der Waals surface area contributed by atoms with E-state index in [9.17, 15) is 10.2 Å². The van der Waals surface area contributed by atoms with Crippen LogP contribution in [0.2, 0.25) is 0 Å². The highest BCUT2D eigenvalue weighted by atomic mass is 16.7.